The minimum absolute atomic E-state index is 0.0297. The lowest BCUT2D eigenvalue weighted by Crippen LogP contribution is -2.18. The zero-order valence-corrected chi connectivity index (χ0v) is 16.8. The number of carbonyl (C=O) groups is 1. The van der Waals surface area contributed by atoms with Gasteiger partial charge in [-0.25, -0.2) is 4.79 Å². The van der Waals surface area contributed by atoms with E-state index in [-0.39, 0.29) is 17.5 Å². The normalized spacial score (nSPS) is 14.8. The van der Waals surface area contributed by atoms with Crippen molar-refractivity contribution in [2.75, 3.05) is 13.2 Å². The average molecular weight is 413 g/mol. The molecule has 0 bridgehead atoms. The molecule has 1 aliphatic rings. The van der Waals surface area contributed by atoms with E-state index in [0.29, 0.717) is 24.5 Å². The first-order valence-electron chi connectivity index (χ1n) is 9.60. The molecular formula is C22H23NO7. The molecule has 3 rings (SSSR count). The zero-order valence-electron chi connectivity index (χ0n) is 16.8. The molecule has 0 saturated carbocycles. The molecular weight excluding hydrogens is 390 g/mol. The van der Waals surface area contributed by atoms with Crippen LogP contribution in [0.1, 0.15) is 37.7 Å². The first kappa shape index (κ1) is 21.5. The summed E-state index contributed by atoms with van der Waals surface area (Å²) >= 11 is 0. The summed E-state index contributed by atoms with van der Waals surface area (Å²) in [6.07, 6.45) is 2.90. The van der Waals surface area contributed by atoms with Crippen LogP contribution in [0, 0.1) is 10.1 Å². The quantitative estimate of drug-likeness (QED) is 0.218. The smallest absolute Gasteiger partial charge is 0.336 e. The molecule has 1 saturated heterocycles. The predicted molar refractivity (Wildman–Crippen MR) is 109 cm³/mol. The monoisotopic (exact) mass is 413 g/mol. The van der Waals surface area contributed by atoms with Crippen molar-refractivity contribution in [2.45, 2.75) is 32.7 Å². The van der Waals surface area contributed by atoms with Gasteiger partial charge in [-0.05, 0) is 56.2 Å². The number of ether oxygens (including phenoxy) is 4. The largest absolute Gasteiger partial charge is 0.491 e. The first-order chi connectivity index (χ1) is 14.4. The van der Waals surface area contributed by atoms with E-state index in [1.165, 1.54) is 18.2 Å². The van der Waals surface area contributed by atoms with Crippen LogP contribution in [-0.2, 0) is 14.3 Å². The minimum Gasteiger partial charge on any atom is -0.491 e. The predicted octanol–water partition coefficient (Wildman–Crippen LogP) is 4.44. The lowest BCUT2D eigenvalue weighted by atomic mass is 10.1. The summed E-state index contributed by atoms with van der Waals surface area (Å²) in [5, 5.41) is 11.4. The molecule has 0 aliphatic carbocycles. The standard InChI is InChI=1S/C22H23NO7/c1-15(2)29-18-6-3-5-16(13-18)7-10-21(24)30-20-9-8-17(14-19(20)23(25)26)22-27-11-4-12-28-22/h3,5-10,13-15,22H,4,11-12H2,1-2H3/b10-7+. The molecule has 0 N–H and O–H groups in total. The highest BCUT2D eigenvalue weighted by Gasteiger charge is 2.23. The van der Waals surface area contributed by atoms with Crippen molar-refractivity contribution < 1.29 is 28.7 Å². The second-order valence-corrected chi connectivity index (χ2v) is 6.90. The second-order valence-electron chi connectivity index (χ2n) is 6.90. The van der Waals surface area contributed by atoms with E-state index in [2.05, 4.69) is 0 Å². The van der Waals surface area contributed by atoms with Gasteiger partial charge >= 0.3 is 11.7 Å². The third-order valence-corrected chi connectivity index (χ3v) is 4.13. The lowest BCUT2D eigenvalue weighted by Gasteiger charge is -2.23. The molecule has 8 nitrogen and oxygen atoms in total. The number of esters is 1. The topological polar surface area (TPSA) is 97.1 Å². The van der Waals surface area contributed by atoms with Gasteiger partial charge in [0.2, 0.25) is 5.75 Å². The Kier molecular flexibility index (Phi) is 7.16. The summed E-state index contributed by atoms with van der Waals surface area (Å²) in [4.78, 5) is 23.0. The van der Waals surface area contributed by atoms with Gasteiger partial charge in [0.25, 0.3) is 0 Å². The van der Waals surface area contributed by atoms with Gasteiger partial charge < -0.3 is 18.9 Å². The fourth-order valence-corrected chi connectivity index (χ4v) is 2.86. The summed E-state index contributed by atoms with van der Waals surface area (Å²) in [7, 11) is 0. The molecule has 0 amide bonds. The van der Waals surface area contributed by atoms with Crippen LogP contribution in [0.5, 0.6) is 11.5 Å². The van der Waals surface area contributed by atoms with Crippen LogP contribution in [0.3, 0.4) is 0 Å². The molecule has 0 unspecified atom stereocenters. The van der Waals surface area contributed by atoms with Gasteiger partial charge in [0.15, 0.2) is 6.29 Å². The Morgan fingerprint density at radius 2 is 1.97 bits per heavy atom. The van der Waals surface area contributed by atoms with Crippen LogP contribution in [0.4, 0.5) is 5.69 Å². The number of nitro groups is 1. The van der Waals surface area contributed by atoms with Crippen LogP contribution in [0.25, 0.3) is 6.08 Å². The van der Waals surface area contributed by atoms with Crippen LogP contribution >= 0.6 is 0 Å². The Balaban J connectivity index is 1.71. The Morgan fingerprint density at radius 1 is 1.20 bits per heavy atom. The van der Waals surface area contributed by atoms with Crippen molar-refractivity contribution in [1.82, 2.24) is 0 Å². The Hall–Kier alpha value is -3.23. The average Bonchev–Trinajstić information content (AvgIpc) is 2.73. The number of benzene rings is 2. The summed E-state index contributed by atoms with van der Waals surface area (Å²) in [5.74, 6) is -0.198. The number of rotatable bonds is 7. The van der Waals surface area contributed by atoms with E-state index in [4.69, 9.17) is 18.9 Å². The highest BCUT2D eigenvalue weighted by Crippen LogP contribution is 2.33. The maximum absolute atomic E-state index is 12.2. The highest BCUT2D eigenvalue weighted by molar-refractivity contribution is 5.89. The molecule has 1 aliphatic heterocycles. The summed E-state index contributed by atoms with van der Waals surface area (Å²) in [6, 6.07) is 11.5. The number of hydrogen-bond acceptors (Lipinski definition) is 7. The molecule has 0 atom stereocenters. The minimum atomic E-state index is -0.730. The SMILES string of the molecule is CC(C)Oc1cccc(/C=C/C(=O)Oc2ccc(C3OCCCO3)cc2[N+](=O)[O-])c1. The van der Waals surface area contributed by atoms with Gasteiger partial charge in [0.05, 0.1) is 24.2 Å². The molecule has 0 aromatic heterocycles. The molecule has 1 heterocycles. The zero-order chi connectivity index (χ0) is 21.5. The fraction of sp³-hybridized carbons (Fsp3) is 0.318. The van der Waals surface area contributed by atoms with E-state index < -0.39 is 17.2 Å². The third-order valence-electron chi connectivity index (χ3n) is 4.13. The Bertz CT molecular complexity index is 933. The van der Waals surface area contributed by atoms with Crippen molar-refractivity contribution >= 4 is 17.7 Å². The van der Waals surface area contributed by atoms with E-state index in [0.717, 1.165) is 12.0 Å². The van der Waals surface area contributed by atoms with E-state index in [1.54, 1.807) is 24.3 Å². The number of carbonyl (C=O) groups excluding carboxylic acids is 1. The van der Waals surface area contributed by atoms with Crippen LogP contribution in [-0.4, -0.2) is 30.2 Å². The molecule has 158 valence electrons. The highest BCUT2D eigenvalue weighted by atomic mass is 16.7. The molecule has 2 aromatic carbocycles. The van der Waals surface area contributed by atoms with Crippen molar-refractivity contribution in [3.8, 4) is 11.5 Å². The van der Waals surface area contributed by atoms with Crippen LogP contribution < -0.4 is 9.47 Å². The molecule has 2 aromatic rings. The van der Waals surface area contributed by atoms with Crippen molar-refractivity contribution in [2.24, 2.45) is 0 Å². The van der Waals surface area contributed by atoms with E-state index >= 15 is 0 Å². The van der Waals surface area contributed by atoms with Gasteiger partial charge in [0, 0.05) is 17.7 Å². The Labute approximate surface area is 174 Å². The van der Waals surface area contributed by atoms with Crippen molar-refractivity contribution in [1.29, 1.82) is 0 Å². The number of nitrogens with zero attached hydrogens (tertiary/aromatic N) is 1. The fourth-order valence-electron chi connectivity index (χ4n) is 2.86. The molecule has 1 fully saturated rings. The lowest BCUT2D eigenvalue weighted by molar-refractivity contribution is -0.385. The van der Waals surface area contributed by atoms with E-state index in [9.17, 15) is 14.9 Å². The number of hydrogen-bond donors (Lipinski definition) is 0. The summed E-state index contributed by atoms with van der Waals surface area (Å²) in [5.41, 5.74) is 0.902. The summed E-state index contributed by atoms with van der Waals surface area (Å²) < 4.78 is 21.7. The van der Waals surface area contributed by atoms with Gasteiger partial charge in [-0.3, -0.25) is 10.1 Å². The van der Waals surface area contributed by atoms with Crippen molar-refractivity contribution in [3.05, 3.63) is 69.8 Å². The molecule has 30 heavy (non-hydrogen) atoms. The van der Waals surface area contributed by atoms with Gasteiger partial charge in [-0.1, -0.05) is 12.1 Å². The Morgan fingerprint density at radius 3 is 2.67 bits per heavy atom. The molecule has 0 spiro atoms. The van der Waals surface area contributed by atoms with Gasteiger partial charge in [0.1, 0.15) is 5.75 Å². The van der Waals surface area contributed by atoms with Gasteiger partial charge in [-0.15, -0.1) is 0 Å². The van der Waals surface area contributed by atoms with Gasteiger partial charge in [-0.2, -0.15) is 0 Å². The van der Waals surface area contributed by atoms with E-state index in [1.807, 2.05) is 26.0 Å². The maximum atomic E-state index is 12.2. The van der Waals surface area contributed by atoms with Crippen LogP contribution in [0.2, 0.25) is 0 Å². The third kappa shape index (κ3) is 5.88. The first-order valence-corrected chi connectivity index (χ1v) is 9.60. The maximum Gasteiger partial charge on any atom is 0.336 e. The molecule has 8 heteroatoms. The second kappa shape index (κ2) is 10.00. The summed E-state index contributed by atoms with van der Waals surface area (Å²) in [6.45, 7) is 4.88. The molecule has 0 radical (unpaired) electrons. The van der Waals surface area contributed by atoms with Crippen LogP contribution in [0.15, 0.2) is 48.5 Å². The number of nitro benzene ring substituents is 1. The van der Waals surface area contributed by atoms with Crippen molar-refractivity contribution in [3.63, 3.8) is 0 Å².